The zero-order valence-electron chi connectivity index (χ0n) is 12.5. The highest BCUT2D eigenvalue weighted by Gasteiger charge is 2.23. The van der Waals surface area contributed by atoms with Crippen LogP contribution in [-0.2, 0) is 4.79 Å². The number of carbonyl (C=O) groups excluding carboxylic acids is 1. The summed E-state index contributed by atoms with van der Waals surface area (Å²) in [5.41, 5.74) is 0. The maximum absolute atomic E-state index is 11.9. The first-order valence-corrected chi connectivity index (χ1v) is 7.36. The topological polar surface area (TPSA) is 20.3 Å². The predicted octanol–water partition coefficient (Wildman–Crippen LogP) is 4.24. The van der Waals surface area contributed by atoms with E-state index in [1.165, 1.54) is 25.7 Å². The van der Waals surface area contributed by atoms with Crippen LogP contribution in [0.1, 0.15) is 73.1 Å². The second-order valence-corrected chi connectivity index (χ2v) is 5.36. The number of nitrogens with zero attached hydrogens (tertiary/aromatic N) is 1. The molecule has 2 heteroatoms. The summed E-state index contributed by atoms with van der Waals surface area (Å²) in [7, 11) is 0. The minimum atomic E-state index is 0.367. The summed E-state index contributed by atoms with van der Waals surface area (Å²) in [6.45, 7) is 11.7. The second kappa shape index (κ2) is 9.49. The van der Waals surface area contributed by atoms with Crippen molar-refractivity contribution in [1.82, 2.24) is 4.90 Å². The maximum Gasteiger partial charge on any atom is 0.223 e. The molecule has 1 heterocycles. The Morgan fingerprint density at radius 2 is 1.88 bits per heavy atom. The van der Waals surface area contributed by atoms with Gasteiger partial charge in [0.2, 0.25) is 5.91 Å². The number of hydrogen-bond acceptors (Lipinski definition) is 1. The first kappa shape index (κ1) is 16.5. The molecule has 2 atom stereocenters. The molecule has 0 aliphatic carbocycles. The van der Waals surface area contributed by atoms with Crippen LogP contribution in [0.5, 0.6) is 0 Å². The molecule has 17 heavy (non-hydrogen) atoms. The summed E-state index contributed by atoms with van der Waals surface area (Å²) in [6.07, 6.45) is 6.76. The molecule has 1 saturated heterocycles. The van der Waals surface area contributed by atoms with E-state index in [2.05, 4.69) is 39.5 Å². The fraction of sp³-hybridized carbons (Fsp3) is 0.933. The zero-order chi connectivity index (χ0) is 13.3. The predicted molar refractivity (Wildman–Crippen MR) is 75.1 cm³/mol. The zero-order valence-corrected chi connectivity index (χ0v) is 12.5. The molecule has 1 rings (SSSR count). The van der Waals surface area contributed by atoms with Crippen LogP contribution in [-0.4, -0.2) is 23.4 Å². The van der Waals surface area contributed by atoms with E-state index in [0.717, 1.165) is 19.4 Å². The van der Waals surface area contributed by atoms with Crippen molar-refractivity contribution in [2.24, 2.45) is 5.92 Å². The molecule has 102 valence electrons. The van der Waals surface area contributed by atoms with Gasteiger partial charge < -0.3 is 4.90 Å². The molecule has 0 bridgehead atoms. The SMILES string of the molecule is CCC.CCC(C)CC(=O)N1CCCC[C@H]1C. The van der Waals surface area contributed by atoms with Crippen molar-refractivity contribution in [3.63, 3.8) is 0 Å². The molecule has 0 radical (unpaired) electrons. The van der Waals surface area contributed by atoms with E-state index in [1.807, 2.05) is 0 Å². The van der Waals surface area contributed by atoms with Crippen LogP contribution in [0.25, 0.3) is 0 Å². The van der Waals surface area contributed by atoms with E-state index in [4.69, 9.17) is 0 Å². The van der Waals surface area contributed by atoms with E-state index in [-0.39, 0.29) is 0 Å². The first-order chi connectivity index (χ1) is 8.06. The quantitative estimate of drug-likeness (QED) is 0.723. The second-order valence-electron chi connectivity index (χ2n) is 5.36. The summed E-state index contributed by atoms with van der Waals surface area (Å²) in [4.78, 5) is 14.0. The van der Waals surface area contributed by atoms with E-state index < -0.39 is 0 Å². The molecule has 1 amide bonds. The van der Waals surface area contributed by atoms with E-state index in [1.54, 1.807) is 0 Å². The van der Waals surface area contributed by atoms with Gasteiger partial charge in [0.15, 0.2) is 0 Å². The lowest BCUT2D eigenvalue weighted by molar-refractivity contribution is -0.135. The highest BCUT2D eigenvalue weighted by Crippen LogP contribution is 2.19. The fourth-order valence-electron chi connectivity index (χ4n) is 2.03. The molecular weight excluding hydrogens is 210 g/mol. The van der Waals surface area contributed by atoms with Crippen molar-refractivity contribution < 1.29 is 4.79 Å². The van der Waals surface area contributed by atoms with Crippen molar-refractivity contribution in [1.29, 1.82) is 0 Å². The van der Waals surface area contributed by atoms with Crippen LogP contribution < -0.4 is 0 Å². The summed E-state index contributed by atoms with van der Waals surface area (Å²) < 4.78 is 0. The third kappa shape index (κ3) is 6.70. The van der Waals surface area contributed by atoms with Crippen LogP contribution in [0.15, 0.2) is 0 Å². The van der Waals surface area contributed by atoms with E-state index in [0.29, 0.717) is 17.9 Å². The Balaban J connectivity index is 0.000000770. The third-order valence-corrected chi connectivity index (χ3v) is 3.34. The van der Waals surface area contributed by atoms with Crippen LogP contribution >= 0.6 is 0 Å². The molecule has 1 unspecified atom stereocenters. The molecule has 0 aromatic heterocycles. The standard InChI is InChI=1S/C12H23NO.C3H8/c1-4-10(2)9-12(14)13-8-6-5-7-11(13)3;1-3-2/h10-11H,4-9H2,1-3H3;3H2,1-2H3/t10?,11-;/m1./s1. The molecular formula is C15H31NO. The molecule has 2 nitrogen and oxygen atoms in total. The Morgan fingerprint density at radius 3 is 2.35 bits per heavy atom. The molecule has 0 spiro atoms. The smallest absolute Gasteiger partial charge is 0.223 e. The van der Waals surface area contributed by atoms with Gasteiger partial charge in [-0.15, -0.1) is 0 Å². The van der Waals surface area contributed by atoms with E-state index in [9.17, 15) is 4.79 Å². The Morgan fingerprint density at radius 1 is 1.29 bits per heavy atom. The number of carbonyl (C=O) groups is 1. The van der Waals surface area contributed by atoms with Gasteiger partial charge in [-0.3, -0.25) is 4.79 Å². The average molecular weight is 241 g/mol. The van der Waals surface area contributed by atoms with Gasteiger partial charge >= 0.3 is 0 Å². The summed E-state index contributed by atoms with van der Waals surface area (Å²) in [6, 6.07) is 0.473. The molecule has 0 aromatic rings. The summed E-state index contributed by atoms with van der Waals surface area (Å²) >= 11 is 0. The Bertz CT molecular complexity index is 203. The minimum Gasteiger partial charge on any atom is -0.340 e. The van der Waals surface area contributed by atoms with Crippen molar-refractivity contribution in [3.8, 4) is 0 Å². The van der Waals surface area contributed by atoms with Crippen molar-refractivity contribution in [2.45, 2.75) is 79.2 Å². The third-order valence-electron chi connectivity index (χ3n) is 3.34. The Kier molecular flexibility index (Phi) is 9.20. The van der Waals surface area contributed by atoms with E-state index >= 15 is 0 Å². The van der Waals surface area contributed by atoms with Gasteiger partial charge in [-0.05, 0) is 32.1 Å². The van der Waals surface area contributed by atoms with Crippen LogP contribution in [0.4, 0.5) is 0 Å². The molecule has 0 N–H and O–H groups in total. The molecule has 0 saturated carbocycles. The highest BCUT2D eigenvalue weighted by molar-refractivity contribution is 5.76. The van der Waals surface area contributed by atoms with Crippen molar-refractivity contribution in [3.05, 3.63) is 0 Å². The summed E-state index contributed by atoms with van der Waals surface area (Å²) in [5, 5.41) is 0. The monoisotopic (exact) mass is 241 g/mol. The molecule has 1 aliphatic heterocycles. The van der Waals surface area contributed by atoms with Crippen LogP contribution in [0.3, 0.4) is 0 Å². The Labute approximate surface area is 108 Å². The normalized spacial score (nSPS) is 21.5. The highest BCUT2D eigenvalue weighted by atomic mass is 16.2. The van der Waals surface area contributed by atoms with Crippen molar-refractivity contribution >= 4 is 5.91 Å². The van der Waals surface area contributed by atoms with Gasteiger partial charge in [-0.1, -0.05) is 40.5 Å². The molecule has 1 aliphatic rings. The lowest BCUT2D eigenvalue weighted by Crippen LogP contribution is -2.42. The molecule has 1 fully saturated rings. The number of piperidine rings is 1. The minimum absolute atomic E-state index is 0.367. The maximum atomic E-state index is 11.9. The largest absolute Gasteiger partial charge is 0.340 e. The van der Waals surface area contributed by atoms with Crippen molar-refractivity contribution in [2.75, 3.05) is 6.54 Å². The van der Waals surface area contributed by atoms with Gasteiger partial charge in [-0.25, -0.2) is 0 Å². The fourth-order valence-corrected chi connectivity index (χ4v) is 2.03. The number of rotatable bonds is 3. The number of amides is 1. The number of likely N-dealkylation sites (tertiary alicyclic amines) is 1. The summed E-state index contributed by atoms with van der Waals surface area (Å²) in [5.74, 6) is 0.906. The lowest BCUT2D eigenvalue weighted by atomic mass is 10.00. The van der Waals surface area contributed by atoms with Gasteiger partial charge in [0, 0.05) is 19.0 Å². The van der Waals surface area contributed by atoms with Gasteiger partial charge in [-0.2, -0.15) is 0 Å². The number of hydrogen-bond donors (Lipinski definition) is 0. The first-order valence-electron chi connectivity index (χ1n) is 7.36. The lowest BCUT2D eigenvalue weighted by Gasteiger charge is -2.34. The average Bonchev–Trinajstić information content (AvgIpc) is 2.30. The Hall–Kier alpha value is -0.530. The van der Waals surface area contributed by atoms with Gasteiger partial charge in [0.1, 0.15) is 0 Å². The van der Waals surface area contributed by atoms with Crippen LogP contribution in [0.2, 0.25) is 0 Å². The van der Waals surface area contributed by atoms with Gasteiger partial charge in [0.25, 0.3) is 0 Å². The van der Waals surface area contributed by atoms with Gasteiger partial charge in [0.05, 0.1) is 0 Å². The molecule has 0 aromatic carbocycles. The van der Waals surface area contributed by atoms with Crippen LogP contribution in [0, 0.1) is 5.92 Å².